The Kier molecular flexibility index (Phi) is 5.35. The van der Waals surface area contributed by atoms with Crippen molar-refractivity contribution in [1.82, 2.24) is 19.9 Å². The van der Waals surface area contributed by atoms with E-state index in [0.29, 0.717) is 10.6 Å². The monoisotopic (exact) mass is 352 g/mol. The van der Waals surface area contributed by atoms with Gasteiger partial charge in [-0.15, -0.1) is 0 Å². The molecule has 0 saturated carbocycles. The second-order valence-electron chi connectivity index (χ2n) is 5.41. The lowest BCUT2D eigenvalue weighted by atomic mass is 10.2. The number of hydrogen-bond acceptors (Lipinski definition) is 5. The van der Waals surface area contributed by atoms with Crippen LogP contribution >= 0.6 is 12.2 Å². The van der Waals surface area contributed by atoms with Crippen molar-refractivity contribution in [2.45, 2.75) is 13.8 Å². The molecule has 3 aromatic rings. The summed E-state index contributed by atoms with van der Waals surface area (Å²) in [5.41, 5.74) is 3.05. The van der Waals surface area contributed by atoms with E-state index in [2.05, 4.69) is 51.2 Å². The van der Waals surface area contributed by atoms with Crippen molar-refractivity contribution in [3.05, 3.63) is 59.1 Å². The Labute approximate surface area is 151 Å². The zero-order chi connectivity index (χ0) is 17.6. The van der Waals surface area contributed by atoms with Crippen LogP contribution in [0.25, 0.3) is 11.4 Å². The van der Waals surface area contributed by atoms with Crippen molar-refractivity contribution in [3.8, 4) is 11.4 Å². The maximum Gasteiger partial charge on any atom is 0.216 e. The average Bonchev–Trinajstić information content (AvgIpc) is 3.03. The van der Waals surface area contributed by atoms with E-state index in [1.165, 1.54) is 5.69 Å². The topological polar surface area (TPSA) is 62.1 Å². The highest BCUT2D eigenvalue weighted by Gasteiger charge is 2.07. The molecular formula is C18H20N6S. The molecular weight excluding hydrogens is 332 g/mol. The Balaban J connectivity index is 1.86. The lowest BCUT2D eigenvalue weighted by molar-refractivity contribution is 0.865. The second-order valence-corrected chi connectivity index (χ2v) is 5.80. The molecule has 0 unspecified atom stereocenters. The third-order valence-corrected chi connectivity index (χ3v) is 4.18. The predicted molar refractivity (Wildman–Crippen MR) is 104 cm³/mol. The minimum absolute atomic E-state index is 0.440. The van der Waals surface area contributed by atoms with Gasteiger partial charge in [0.05, 0.1) is 6.21 Å². The van der Waals surface area contributed by atoms with Crippen molar-refractivity contribution in [3.63, 3.8) is 0 Å². The molecule has 0 amide bonds. The van der Waals surface area contributed by atoms with Gasteiger partial charge in [-0.2, -0.15) is 14.9 Å². The number of rotatable bonds is 6. The first kappa shape index (κ1) is 17.0. The summed E-state index contributed by atoms with van der Waals surface area (Å²) < 4.78 is 2.04. The van der Waals surface area contributed by atoms with Gasteiger partial charge in [-0.3, -0.25) is 4.98 Å². The van der Waals surface area contributed by atoms with Gasteiger partial charge in [-0.1, -0.05) is 12.1 Å². The molecule has 0 spiro atoms. The lowest BCUT2D eigenvalue weighted by Crippen LogP contribution is -2.21. The van der Waals surface area contributed by atoms with Crippen LogP contribution in [0, 0.1) is 4.77 Å². The van der Waals surface area contributed by atoms with E-state index in [4.69, 9.17) is 12.2 Å². The third-order valence-electron chi connectivity index (χ3n) is 3.91. The van der Waals surface area contributed by atoms with Crippen LogP contribution < -0.4 is 4.90 Å². The molecule has 1 N–H and O–H groups in total. The zero-order valence-electron chi connectivity index (χ0n) is 14.3. The minimum Gasteiger partial charge on any atom is -0.372 e. The summed E-state index contributed by atoms with van der Waals surface area (Å²) in [6.45, 7) is 6.28. The molecule has 0 radical (unpaired) electrons. The third kappa shape index (κ3) is 3.83. The molecule has 2 aromatic heterocycles. The van der Waals surface area contributed by atoms with E-state index < -0.39 is 0 Å². The van der Waals surface area contributed by atoms with Gasteiger partial charge in [0.2, 0.25) is 4.77 Å². The lowest BCUT2D eigenvalue weighted by Gasteiger charge is -2.20. The molecule has 0 saturated heterocycles. The van der Waals surface area contributed by atoms with Gasteiger partial charge in [0, 0.05) is 36.7 Å². The largest absolute Gasteiger partial charge is 0.372 e. The highest BCUT2D eigenvalue weighted by atomic mass is 32.1. The van der Waals surface area contributed by atoms with Crippen LogP contribution in [-0.4, -0.2) is 39.2 Å². The van der Waals surface area contributed by atoms with E-state index in [-0.39, 0.29) is 0 Å². The fourth-order valence-corrected chi connectivity index (χ4v) is 2.74. The standard InChI is InChI=1S/C18H20N6S/c1-3-23(4-2)16-9-7-14(8-10-16)12-20-24-17(21-22-18(24)25)15-6-5-11-19-13-15/h5-13H,3-4H2,1-2H3,(H,22,25). The van der Waals surface area contributed by atoms with Crippen molar-refractivity contribution < 1.29 is 0 Å². The smallest absolute Gasteiger partial charge is 0.216 e. The molecule has 3 rings (SSSR count). The summed E-state index contributed by atoms with van der Waals surface area (Å²) in [5.74, 6) is 0.633. The van der Waals surface area contributed by atoms with Crippen LogP contribution in [0.4, 0.5) is 5.69 Å². The Morgan fingerprint density at radius 1 is 1.20 bits per heavy atom. The van der Waals surface area contributed by atoms with Gasteiger partial charge in [0.15, 0.2) is 5.82 Å². The van der Waals surface area contributed by atoms with Crippen LogP contribution in [0.5, 0.6) is 0 Å². The highest BCUT2D eigenvalue weighted by molar-refractivity contribution is 7.71. The second kappa shape index (κ2) is 7.85. The van der Waals surface area contributed by atoms with Gasteiger partial charge in [0.1, 0.15) is 0 Å². The van der Waals surface area contributed by atoms with Crippen molar-refractivity contribution in [2.75, 3.05) is 18.0 Å². The maximum absolute atomic E-state index is 5.28. The van der Waals surface area contributed by atoms with Crippen molar-refractivity contribution >= 4 is 24.1 Å². The van der Waals surface area contributed by atoms with E-state index >= 15 is 0 Å². The van der Waals surface area contributed by atoms with Crippen molar-refractivity contribution in [2.24, 2.45) is 5.10 Å². The maximum atomic E-state index is 5.28. The quantitative estimate of drug-likeness (QED) is 0.542. The Morgan fingerprint density at radius 3 is 2.60 bits per heavy atom. The van der Waals surface area contributed by atoms with E-state index in [0.717, 1.165) is 24.2 Å². The predicted octanol–water partition coefficient (Wildman–Crippen LogP) is 3.73. The first-order valence-electron chi connectivity index (χ1n) is 8.20. The molecule has 0 bridgehead atoms. The van der Waals surface area contributed by atoms with Crippen molar-refractivity contribution in [1.29, 1.82) is 0 Å². The Bertz CT molecular complexity index is 891. The Morgan fingerprint density at radius 2 is 1.96 bits per heavy atom. The minimum atomic E-state index is 0.440. The molecule has 1 aromatic carbocycles. The van der Waals surface area contributed by atoms with E-state index in [1.54, 1.807) is 23.3 Å². The van der Waals surface area contributed by atoms with Crippen LogP contribution in [0.2, 0.25) is 0 Å². The molecule has 128 valence electrons. The molecule has 0 fully saturated rings. The van der Waals surface area contributed by atoms with Gasteiger partial charge < -0.3 is 4.90 Å². The van der Waals surface area contributed by atoms with Crippen LogP contribution in [0.1, 0.15) is 19.4 Å². The first-order valence-corrected chi connectivity index (χ1v) is 8.61. The fraction of sp³-hybridized carbons (Fsp3) is 0.222. The van der Waals surface area contributed by atoms with Gasteiger partial charge in [-0.25, -0.2) is 5.10 Å². The summed E-state index contributed by atoms with van der Waals surface area (Å²) in [4.78, 5) is 6.41. The Hall–Kier alpha value is -2.80. The summed E-state index contributed by atoms with van der Waals surface area (Å²) >= 11 is 5.28. The van der Waals surface area contributed by atoms with E-state index in [1.807, 2.05) is 24.3 Å². The van der Waals surface area contributed by atoms with Crippen LogP contribution in [-0.2, 0) is 0 Å². The first-order chi connectivity index (χ1) is 12.2. The summed E-state index contributed by atoms with van der Waals surface area (Å²) in [5, 5.41) is 11.5. The molecule has 7 heteroatoms. The fourth-order valence-electron chi connectivity index (χ4n) is 2.57. The number of aromatic amines is 1. The molecule has 25 heavy (non-hydrogen) atoms. The number of nitrogens with zero attached hydrogens (tertiary/aromatic N) is 5. The molecule has 0 atom stereocenters. The number of hydrogen-bond donors (Lipinski definition) is 1. The number of pyridine rings is 1. The number of anilines is 1. The van der Waals surface area contributed by atoms with Crippen LogP contribution in [0.15, 0.2) is 53.9 Å². The van der Waals surface area contributed by atoms with E-state index in [9.17, 15) is 0 Å². The zero-order valence-corrected chi connectivity index (χ0v) is 15.1. The van der Waals surface area contributed by atoms with Gasteiger partial charge in [-0.05, 0) is 55.9 Å². The molecule has 2 heterocycles. The SMILES string of the molecule is CCN(CC)c1ccc(C=Nn2c(-c3cccnc3)n[nH]c2=S)cc1. The molecule has 0 aliphatic carbocycles. The number of nitrogens with one attached hydrogen (secondary N) is 1. The molecule has 0 aliphatic rings. The molecule has 6 nitrogen and oxygen atoms in total. The highest BCUT2D eigenvalue weighted by Crippen LogP contribution is 2.16. The van der Waals surface area contributed by atoms with Gasteiger partial charge >= 0.3 is 0 Å². The summed E-state index contributed by atoms with van der Waals surface area (Å²) in [6.07, 6.45) is 5.23. The summed E-state index contributed by atoms with van der Waals surface area (Å²) in [6, 6.07) is 12.1. The van der Waals surface area contributed by atoms with Gasteiger partial charge in [0.25, 0.3) is 0 Å². The molecule has 0 aliphatic heterocycles. The average molecular weight is 352 g/mol. The number of H-pyrrole nitrogens is 1. The summed E-state index contributed by atoms with van der Waals surface area (Å²) in [7, 11) is 0. The van der Waals surface area contributed by atoms with Crippen LogP contribution in [0.3, 0.4) is 0 Å². The number of benzene rings is 1. The normalized spacial score (nSPS) is 11.1. The number of aromatic nitrogens is 4.